The first-order valence-electron chi connectivity index (χ1n) is 9.57. The van der Waals surface area contributed by atoms with E-state index < -0.39 is 10.0 Å². The topological polar surface area (TPSA) is 77.6 Å². The van der Waals surface area contributed by atoms with E-state index in [1.54, 1.807) is 24.6 Å². The van der Waals surface area contributed by atoms with Gasteiger partial charge in [-0.3, -0.25) is 9.30 Å². The Kier molecular flexibility index (Phi) is 5.93. The lowest BCUT2D eigenvalue weighted by atomic mass is 9.97. The maximum absolute atomic E-state index is 13.0. The number of para-hydroxylation sites is 1. The number of rotatable bonds is 4. The van der Waals surface area contributed by atoms with Gasteiger partial charge in [-0.15, -0.1) is 23.7 Å². The fraction of sp³-hybridized carbons (Fsp3) is 0.350. The highest BCUT2D eigenvalue weighted by atomic mass is 35.5. The number of aliphatic imine (C=N–C) groups is 1. The van der Waals surface area contributed by atoms with Gasteiger partial charge in [0.1, 0.15) is 9.25 Å². The van der Waals surface area contributed by atoms with Gasteiger partial charge in [-0.2, -0.15) is 0 Å². The lowest BCUT2D eigenvalue weighted by Gasteiger charge is -2.31. The molecule has 1 aromatic carbocycles. The summed E-state index contributed by atoms with van der Waals surface area (Å²) in [6, 6.07) is 11.2. The Morgan fingerprint density at radius 2 is 1.97 bits per heavy atom. The van der Waals surface area contributed by atoms with Crippen LogP contribution in [0.15, 0.2) is 51.0 Å². The number of thioether (sulfide) groups is 1. The molecule has 2 aromatic heterocycles. The molecule has 2 aliphatic rings. The predicted molar refractivity (Wildman–Crippen MR) is 129 cm³/mol. The van der Waals surface area contributed by atoms with Crippen LogP contribution in [0.1, 0.15) is 18.5 Å². The van der Waals surface area contributed by atoms with Crippen molar-refractivity contribution in [1.82, 2.24) is 10.3 Å². The van der Waals surface area contributed by atoms with Gasteiger partial charge in [-0.1, -0.05) is 30.0 Å². The molecule has 1 saturated heterocycles. The van der Waals surface area contributed by atoms with Crippen molar-refractivity contribution < 1.29 is 8.42 Å². The molecule has 0 amide bonds. The third kappa shape index (κ3) is 3.67. The highest BCUT2D eigenvalue weighted by Gasteiger charge is 2.38. The van der Waals surface area contributed by atoms with Crippen molar-refractivity contribution in [2.45, 2.75) is 21.8 Å². The molecule has 6 nitrogen and oxygen atoms in total. The first-order valence-corrected chi connectivity index (χ1v) is 12.7. The number of aromatic nitrogens is 1. The minimum Gasteiger partial charge on any atom is -0.351 e. The number of halogens is 1. The van der Waals surface area contributed by atoms with E-state index in [2.05, 4.69) is 16.4 Å². The average molecular weight is 483 g/mol. The summed E-state index contributed by atoms with van der Waals surface area (Å²) in [4.78, 5) is 8.29. The zero-order valence-electron chi connectivity index (χ0n) is 16.4. The molecule has 0 bridgehead atoms. The van der Waals surface area contributed by atoms with Crippen molar-refractivity contribution in [1.29, 1.82) is 0 Å². The number of thiophene rings is 1. The highest BCUT2D eigenvalue weighted by molar-refractivity contribution is 8.15. The Labute approximate surface area is 190 Å². The summed E-state index contributed by atoms with van der Waals surface area (Å²) in [6.45, 7) is 2.93. The van der Waals surface area contributed by atoms with Crippen LogP contribution in [0.3, 0.4) is 0 Å². The quantitative estimate of drug-likeness (QED) is 0.587. The number of hydrogen-bond donors (Lipinski definition) is 2. The Morgan fingerprint density at radius 1 is 1.17 bits per heavy atom. The second kappa shape index (κ2) is 8.20. The summed E-state index contributed by atoms with van der Waals surface area (Å²) < 4.78 is 27.9. The predicted octanol–water partition coefficient (Wildman–Crippen LogP) is 4.09. The summed E-state index contributed by atoms with van der Waals surface area (Å²) in [7, 11) is -1.98. The molecule has 1 fully saturated rings. The zero-order chi connectivity index (χ0) is 20.1. The van der Waals surface area contributed by atoms with Crippen molar-refractivity contribution in [3.05, 3.63) is 47.5 Å². The Balaban J connectivity index is 0.00000218. The number of nitrogens with zero attached hydrogens (tertiary/aromatic N) is 2. The molecular weight excluding hydrogens is 460 g/mol. The van der Waals surface area contributed by atoms with Crippen molar-refractivity contribution in [3.63, 3.8) is 0 Å². The van der Waals surface area contributed by atoms with E-state index in [4.69, 9.17) is 4.99 Å². The third-order valence-electron chi connectivity index (χ3n) is 5.65. The van der Waals surface area contributed by atoms with Crippen LogP contribution < -0.4 is 9.62 Å². The third-order valence-corrected chi connectivity index (χ3v) is 10.3. The van der Waals surface area contributed by atoms with Crippen LogP contribution in [0.5, 0.6) is 0 Å². The molecule has 0 unspecified atom stereocenters. The van der Waals surface area contributed by atoms with E-state index >= 15 is 0 Å². The maximum atomic E-state index is 13.0. The fourth-order valence-corrected chi connectivity index (χ4v) is 7.63. The number of fused-ring (bicyclic) bond motifs is 1. The maximum Gasteiger partial charge on any atom is 0.273 e. The van der Waals surface area contributed by atoms with E-state index in [-0.39, 0.29) is 17.2 Å². The lowest BCUT2D eigenvalue weighted by molar-refractivity contribution is 0.426. The van der Waals surface area contributed by atoms with Crippen LogP contribution in [-0.2, 0) is 10.0 Å². The van der Waals surface area contributed by atoms with Gasteiger partial charge in [0.25, 0.3) is 10.0 Å². The van der Waals surface area contributed by atoms with Gasteiger partial charge in [0, 0.05) is 17.2 Å². The summed E-state index contributed by atoms with van der Waals surface area (Å²) >= 11 is 3.10. The number of hydrogen-bond acceptors (Lipinski definition) is 6. The van der Waals surface area contributed by atoms with Crippen molar-refractivity contribution in [3.8, 4) is 0 Å². The summed E-state index contributed by atoms with van der Waals surface area (Å²) in [5.74, 6) is 0. The van der Waals surface area contributed by atoms with E-state index in [1.807, 2.05) is 30.0 Å². The van der Waals surface area contributed by atoms with Crippen molar-refractivity contribution >= 4 is 67.2 Å². The normalized spacial score (nSPS) is 18.4. The number of nitrogens with one attached hydrogen (secondary N) is 2. The van der Waals surface area contributed by atoms with Crippen LogP contribution in [0.25, 0.3) is 10.9 Å². The molecular formula is C20H23ClN4O2S3. The Morgan fingerprint density at radius 3 is 2.70 bits per heavy atom. The number of sulfonamides is 1. The number of H-pyrrole nitrogens is 1. The van der Waals surface area contributed by atoms with Crippen LogP contribution in [0, 0.1) is 0 Å². The summed E-state index contributed by atoms with van der Waals surface area (Å²) in [6.07, 6.45) is 2.25. The van der Waals surface area contributed by atoms with Gasteiger partial charge in [0.05, 0.1) is 23.4 Å². The standard InChI is InChI=1S/C20H22N4O2S3.ClH/c1-24(29(25,26)17-6-3-11-27-17)16-5-2-4-14-12-15(23-18(14)16)19-22-13-20(28-19)7-9-21-10-8-20;/h2-6,11-12,21,23H,7-10,13H2,1H3;1H. The molecule has 0 aliphatic carbocycles. The minimum absolute atomic E-state index is 0. The molecule has 0 saturated carbocycles. The first-order chi connectivity index (χ1) is 14.0. The van der Waals surface area contributed by atoms with Gasteiger partial charge in [-0.05, 0) is 49.5 Å². The van der Waals surface area contributed by atoms with Crippen molar-refractivity contribution in [2.75, 3.05) is 31.0 Å². The molecule has 1 spiro atoms. The second-order valence-electron chi connectivity index (χ2n) is 7.49. The van der Waals surface area contributed by atoms with Gasteiger partial charge in [0.2, 0.25) is 0 Å². The highest BCUT2D eigenvalue weighted by Crippen LogP contribution is 2.42. The molecule has 30 heavy (non-hydrogen) atoms. The first kappa shape index (κ1) is 21.7. The van der Waals surface area contributed by atoms with Crippen molar-refractivity contribution in [2.24, 2.45) is 4.99 Å². The molecule has 2 aliphatic heterocycles. The van der Waals surface area contributed by atoms with Crippen LogP contribution in [-0.4, -0.2) is 49.9 Å². The largest absolute Gasteiger partial charge is 0.351 e. The van der Waals surface area contributed by atoms with Gasteiger partial charge in [0.15, 0.2) is 0 Å². The molecule has 10 heteroatoms. The molecule has 2 N–H and O–H groups in total. The molecule has 3 aromatic rings. The Bertz CT molecular complexity index is 1180. The number of aromatic amines is 1. The van der Waals surface area contributed by atoms with Crippen LogP contribution in [0.4, 0.5) is 5.69 Å². The molecule has 0 radical (unpaired) electrons. The second-order valence-corrected chi connectivity index (χ2v) is 12.1. The number of anilines is 1. The van der Waals surface area contributed by atoms with Gasteiger partial charge < -0.3 is 10.3 Å². The number of benzene rings is 1. The smallest absolute Gasteiger partial charge is 0.273 e. The molecule has 0 atom stereocenters. The molecule has 160 valence electrons. The fourth-order valence-electron chi connectivity index (χ4n) is 3.96. The lowest BCUT2D eigenvalue weighted by Crippen LogP contribution is -2.40. The Hall–Kier alpha value is -1.52. The van der Waals surface area contributed by atoms with Gasteiger partial charge in [-0.25, -0.2) is 8.42 Å². The SMILES string of the molecule is CN(c1cccc2cc(C3=NCC4(CCNCC4)S3)[nH]c12)S(=O)(=O)c1cccs1.Cl. The molecule has 4 heterocycles. The monoisotopic (exact) mass is 482 g/mol. The minimum atomic E-state index is -3.58. The van der Waals surface area contributed by atoms with E-state index in [9.17, 15) is 8.42 Å². The van der Waals surface area contributed by atoms with E-state index in [0.717, 1.165) is 54.1 Å². The average Bonchev–Trinajstić information content (AvgIpc) is 3.47. The number of piperidine rings is 1. The summed E-state index contributed by atoms with van der Waals surface area (Å²) in [5, 5.41) is 7.21. The van der Waals surface area contributed by atoms with Crippen LogP contribution >= 0.6 is 35.5 Å². The van der Waals surface area contributed by atoms with Crippen LogP contribution in [0.2, 0.25) is 0 Å². The van der Waals surface area contributed by atoms with Gasteiger partial charge >= 0.3 is 0 Å². The van der Waals surface area contributed by atoms with E-state index in [0.29, 0.717) is 9.90 Å². The zero-order valence-corrected chi connectivity index (χ0v) is 19.7. The molecule has 5 rings (SSSR count). The van der Waals surface area contributed by atoms with E-state index in [1.165, 1.54) is 15.6 Å². The summed E-state index contributed by atoms with van der Waals surface area (Å²) in [5.41, 5.74) is 2.43.